The molecular formula is C16H21NO2. The highest BCUT2D eigenvalue weighted by atomic mass is 16.5. The first-order valence-electron chi connectivity index (χ1n) is 7.20. The van der Waals surface area contributed by atoms with Crippen LogP contribution in [0.4, 0.5) is 0 Å². The van der Waals surface area contributed by atoms with Gasteiger partial charge >= 0.3 is 0 Å². The standard InChI is InChI=1S/C16H21NO2/c1-16(9-2-10-17-11-16)15(18)12-3-5-13(6-4-12)19-14-7-8-14/h3-6,14,17H,2,7-11H2,1H3. The number of carbonyl (C=O) groups is 1. The van der Waals surface area contributed by atoms with Crippen LogP contribution < -0.4 is 10.1 Å². The van der Waals surface area contributed by atoms with Gasteiger partial charge in [-0.25, -0.2) is 0 Å². The van der Waals surface area contributed by atoms with E-state index in [1.165, 1.54) is 0 Å². The van der Waals surface area contributed by atoms with E-state index >= 15 is 0 Å². The van der Waals surface area contributed by atoms with Gasteiger partial charge in [-0.15, -0.1) is 0 Å². The fourth-order valence-corrected chi connectivity index (χ4v) is 2.66. The Morgan fingerprint density at radius 2 is 2.05 bits per heavy atom. The Kier molecular flexibility index (Phi) is 3.31. The predicted molar refractivity (Wildman–Crippen MR) is 74.6 cm³/mol. The molecule has 1 saturated carbocycles. The molecule has 3 nitrogen and oxygen atoms in total. The Morgan fingerprint density at radius 3 is 2.63 bits per heavy atom. The molecule has 1 aliphatic carbocycles. The van der Waals surface area contributed by atoms with Gasteiger partial charge in [0, 0.05) is 17.5 Å². The number of ether oxygens (including phenoxy) is 1. The second kappa shape index (κ2) is 4.97. The smallest absolute Gasteiger partial charge is 0.169 e. The van der Waals surface area contributed by atoms with E-state index in [1.807, 2.05) is 24.3 Å². The average Bonchev–Trinajstić information content (AvgIpc) is 3.24. The van der Waals surface area contributed by atoms with Crippen LogP contribution in [0.2, 0.25) is 0 Å². The summed E-state index contributed by atoms with van der Waals surface area (Å²) >= 11 is 0. The first-order chi connectivity index (χ1) is 9.17. The molecule has 3 heteroatoms. The summed E-state index contributed by atoms with van der Waals surface area (Å²) in [6.45, 7) is 3.87. The predicted octanol–water partition coefficient (Wildman–Crippen LogP) is 2.80. The molecule has 1 N–H and O–H groups in total. The molecule has 0 radical (unpaired) electrons. The highest BCUT2D eigenvalue weighted by molar-refractivity contribution is 6.00. The van der Waals surface area contributed by atoms with Crippen molar-refractivity contribution in [3.63, 3.8) is 0 Å². The van der Waals surface area contributed by atoms with Gasteiger partial charge < -0.3 is 10.1 Å². The van der Waals surface area contributed by atoms with Crippen molar-refractivity contribution >= 4 is 5.78 Å². The molecule has 3 rings (SSSR count). The fraction of sp³-hybridized carbons (Fsp3) is 0.562. The number of carbonyl (C=O) groups excluding carboxylic acids is 1. The largest absolute Gasteiger partial charge is 0.490 e. The quantitative estimate of drug-likeness (QED) is 0.845. The SMILES string of the molecule is CC1(C(=O)c2ccc(OC3CC3)cc2)CCCNC1. The van der Waals surface area contributed by atoms with E-state index in [2.05, 4.69) is 12.2 Å². The van der Waals surface area contributed by atoms with Gasteiger partial charge in [0.15, 0.2) is 5.78 Å². The van der Waals surface area contributed by atoms with Crippen LogP contribution in [0.25, 0.3) is 0 Å². The maximum atomic E-state index is 12.6. The lowest BCUT2D eigenvalue weighted by Gasteiger charge is -2.32. The fourth-order valence-electron chi connectivity index (χ4n) is 2.66. The van der Waals surface area contributed by atoms with Crippen molar-refractivity contribution in [3.05, 3.63) is 29.8 Å². The Hall–Kier alpha value is -1.35. The third-order valence-electron chi connectivity index (χ3n) is 4.09. The molecule has 2 aliphatic rings. The molecule has 19 heavy (non-hydrogen) atoms. The van der Waals surface area contributed by atoms with Crippen LogP contribution in [-0.4, -0.2) is 25.0 Å². The van der Waals surface area contributed by atoms with Gasteiger partial charge in [-0.1, -0.05) is 6.92 Å². The minimum Gasteiger partial charge on any atom is -0.490 e. The van der Waals surface area contributed by atoms with E-state index in [-0.39, 0.29) is 11.2 Å². The Balaban J connectivity index is 1.71. The number of benzene rings is 1. The van der Waals surface area contributed by atoms with Gasteiger partial charge in [0.25, 0.3) is 0 Å². The lowest BCUT2D eigenvalue weighted by atomic mass is 9.76. The van der Waals surface area contributed by atoms with Crippen molar-refractivity contribution < 1.29 is 9.53 Å². The molecule has 1 saturated heterocycles. The lowest BCUT2D eigenvalue weighted by molar-refractivity contribution is 0.0773. The van der Waals surface area contributed by atoms with Crippen molar-refractivity contribution in [2.45, 2.75) is 38.7 Å². The molecule has 1 aliphatic heterocycles. The lowest BCUT2D eigenvalue weighted by Crippen LogP contribution is -2.43. The van der Waals surface area contributed by atoms with Crippen LogP contribution in [0.5, 0.6) is 5.75 Å². The number of Topliss-reactive ketones (excluding diaryl/α,β-unsaturated/α-hetero) is 1. The van der Waals surface area contributed by atoms with Gasteiger partial charge in [-0.2, -0.15) is 0 Å². The summed E-state index contributed by atoms with van der Waals surface area (Å²) in [5.41, 5.74) is 0.547. The van der Waals surface area contributed by atoms with Gasteiger partial charge in [-0.05, 0) is 56.5 Å². The van der Waals surface area contributed by atoms with Crippen LogP contribution >= 0.6 is 0 Å². The summed E-state index contributed by atoms with van der Waals surface area (Å²) in [6, 6.07) is 7.65. The summed E-state index contributed by atoms with van der Waals surface area (Å²) in [6.07, 6.45) is 4.76. The minimum absolute atomic E-state index is 0.248. The Labute approximate surface area is 114 Å². The molecule has 0 spiro atoms. The number of hydrogen-bond acceptors (Lipinski definition) is 3. The third-order valence-corrected chi connectivity index (χ3v) is 4.09. The van der Waals surface area contributed by atoms with Crippen LogP contribution in [-0.2, 0) is 0 Å². The van der Waals surface area contributed by atoms with E-state index in [0.717, 1.165) is 50.1 Å². The Bertz CT molecular complexity index is 456. The van der Waals surface area contributed by atoms with Gasteiger partial charge in [-0.3, -0.25) is 4.79 Å². The molecule has 0 bridgehead atoms. The zero-order valence-electron chi connectivity index (χ0n) is 11.4. The maximum Gasteiger partial charge on any atom is 0.169 e. The zero-order valence-corrected chi connectivity index (χ0v) is 11.4. The van der Waals surface area contributed by atoms with Crippen LogP contribution in [0.1, 0.15) is 43.0 Å². The number of ketones is 1. The van der Waals surface area contributed by atoms with Crippen LogP contribution in [0.3, 0.4) is 0 Å². The number of hydrogen-bond donors (Lipinski definition) is 1. The van der Waals surface area contributed by atoms with Crippen LogP contribution in [0, 0.1) is 5.41 Å². The topological polar surface area (TPSA) is 38.3 Å². The number of nitrogens with one attached hydrogen (secondary N) is 1. The molecule has 1 aromatic carbocycles. The normalized spacial score (nSPS) is 27.0. The van der Waals surface area contributed by atoms with E-state index in [9.17, 15) is 4.79 Å². The molecule has 1 heterocycles. The van der Waals surface area contributed by atoms with E-state index in [1.54, 1.807) is 0 Å². The van der Waals surface area contributed by atoms with E-state index in [4.69, 9.17) is 4.74 Å². The number of rotatable bonds is 4. The van der Waals surface area contributed by atoms with Gasteiger partial charge in [0.2, 0.25) is 0 Å². The molecule has 1 unspecified atom stereocenters. The zero-order chi connectivity index (χ0) is 13.3. The first kappa shape index (κ1) is 12.7. The minimum atomic E-state index is -0.253. The second-order valence-corrected chi connectivity index (χ2v) is 6.01. The van der Waals surface area contributed by atoms with Crippen molar-refractivity contribution in [3.8, 4) is 5.75 Å². The van der Waals surface area contributed by atoms with Crippen LogP contribution in [0.15, 0.2) is 24.3 Å². The molecule has 0 aromatic heterocycles. The van der Waals surface area contributed by atoms with Gasteiger partial charge in [0.05, 0.1) is 6.10 Å². The summed E-state index contributed by atoms with van der Waals surface area (Å²) in [5.74, 6) is 1.13. The van der Waals surface area contributed by atoms with Crippen molar-refractivity contribution in [1.82, 2.24) is 5.32 Å². The Morgan fingerprint density at radius 1 is 1.32 bits per heavy atom. The molecule has 2 fully saturated rings. The van der Waals surface area contributed by atoms with Crippen molar-refractivity contribution in [2.75, 3.05) is 13.1 Å². The molecule has 102 valence electrons. The highest BCUT2D eigenvalue weighted by Gasteiger charge is 2.35. The molecule has 1 aromatic rings. The summed E-state index contributed by atoms with van der Waals surface area (Å²) in [7, 11) is 0. The molecule has 0 amide bonds. The maximum absolute atomic E-state index is 12.6. The molecule has 1 atom stereocenters. The monoisotopic (exact) mass is 259 g/mol. The van der Waals surface area contributed by atoms with Crippen molar-refractivity contribution in [1.29, 1.82) is 0 Å². The molecular weight excluding hydrogens is 238 g/mol. The highest BCUT2D eigenvalue weighted by Crippen LogP contribution is 2.31. The first-order valence-corrected chi connectivity index (χ1v) is 7.20. The van der Waals surface area contributed by atoms with Gasteiger partial charge in [0.1, 0.15) is 5.75 Å². The summed E-state index contributed by atoms with van der Waals surface area (Å²) in [4.78, 5) is 12.6. The number of piperidine rings is 1. The van der Waals surface area contributed by atoms with Crippen molar-refractivity contribution in [2.24, 2.45) is 5.41 Å². The van der Waals surface area contributed by atoms with E-state index < -0.39 is 0 Å². The summed E-state index contributed by atoms with van der Waals surface area (Å²) < 4.78 is 5.71. The summed E-state index contributed by atoms with van der Waals surface area (Å²) in [5, 5.41) is 3.33. The van der Waals surface area contributed by atoms with E-state index in [0.29, 0.717) is 6.10 Å². The third kappa shape index (κ3) is 2.81. The second-order valence-electron chi connectivity index (χ2n) is 6.01. The average molecular weight is 259 g/mol.